The Morgan fingerprint density at radius 2 is 1.86 bits per heavy atom. The van der Waals surface area contributed by atoms with Crippen molar-refractivity contribution >= 4 is 11.6 Å². The third-order valence-corrected chi connectivity index (χ3v) is 3.61. The van der Waals surface area contributed by atoms with Crippen LogP contribution in [-0.4, -0.2) is 18.8 Å². The van der Waals surface area contributed by atoms with Gasteiger partial charge in [0.2, 0.25) is 0 Å². The predicted octanol–water partition coefficient (Wildman–Crippen LogP) is 3.35. The average molecular weight is 306 g/mol. The van der Waals surface area contributed by atoms with Gasteiger partial charge in [0, 0.05) is 12.1 Å². The topological polar surface area (TPSA) is 41.5 Å². The van der Waals surface area contributed by atoms with E-state index in [1.54, 1.807) is 13.0 Å². The number of ether oxygens (including phenoxy) is 1. The van der Waals surface area contributed by atoms with E-state index >= 15 is 0 Å². The lowest BCUT2D eigenvalue weighted by Crippen LogP contribution is -2.29. The number of hydrogen-bond donors (Lipinski definition) is 2. The van der Waals surface area contributed by atoms with E-state index in [4.69, 9.17) is 16.3 Å². The Morgan fingerprint density at radius 1 is 1.14 bits per heavy atom. The molecule has 4 heteroatoms. The van der Waals surface area contributed by atoms with E-state index in [1.165, 1.54) is 0 Å². The van der Waals surface area contributed by atoms with Crippen LogP contribution in [0.1, 0.15) is 18.1 Å². The van der Waals surface area contributed by atoms with Crippen LogP contribution in [0.15, 0.2) is 48.5 Å². The fourth-order valence-corrected chi connectivity index (χ4v) is 2.39. The molecule has 0 aliphatic rings. The first kappa shape index (κ1) is 15.8. The zero-order valence-electron chi connectivity index (χ0n) is 12.3. The molecule has 112 valence electrons. The van der Waals surface area contributed by atoms with Crippen LogP contribution in [-0.2, 0) is 12.1 Å². The molecule has 0 saturated carbocycles. The van der Waals surface area contributed by atoms with Crippen molar-refractivity contribution in [3.8, 4) is 5.75 Å². The summed E-state index contributed by atoms with van der Waals surface area (Å²) in [6.07, 6.45) is 0. The Morgan fingerprint density at radius 3 is 2.52 bits per heavy atom. The Hall–Kier alpha value is -1.55. The van der Waals surface area contributed by atoms with Gasteiger partial charge in [0.15, 0.2) is 0 Å². The molecule has 0 amide bonds. The molecule has 1 unspecified atom stereocenters. The van der Waals surface area contributed by atoms with Crippen molar-refractivity contribution in [2.75, 3.05) is 13.7 Å². The van der Waals surface area contributed by atoms with Gasteiger partial charge in [-0.05, 0) is 25.6 Å². The van der Waals surface area contributed by atoms with Crippen molar-refractivity contribution in [1.82, 2.24) is 5.32 Å². The maximum atomic E-state index is 10.6. The zero-order chi connectivity index (χ0) is 15.3. The minimum absolute atomic E-state index is 0.136. The molecular formula is C17H20ClNO2. The van der Waals surface area contributed by atoms with E-state index in [9.17, 15) is 5.11 Å². The molecule has 0 saturated heterocycles. The van der Waals surface area contributed by atoms with E-state index in [0.29, 0.717) is 17.3 Å². The van der Waals surface area contributed by atoms with Crippen LogP contribution in [0.25, 0.3) is 0 Å². The van der Waals surface area contributed by atoms with Crippen LogP contribution in [0.5, 0.6) is 5.75 Å². The summed E-state index contributed by atoms with van der Waals surface area (Å²) < 4.78 is 5.82. The molecule has 21 heavy (non-hydrogen) atoms. The molecule has 2 rings (SSSR count). The quantitative estimate of drug-likeness (QED) is 0.860. The van der Waals surface area contributed by atoms with E-state index in [1.807, 2.05) is 49.5 Å². The lowest BCUT2D eigenvalue weighted by Gasteiger charge is -2.25. The van der Waals surface area contributed by atoms with Gasteiger partial charge in [0.1, 0.15) is 18.0 Å². The molecule has 1 atom stereocenters. The number of hydrogen-bond acceptors (Lipinski definition) is 3. The van der Waals surface area contributed by atoms with Gasteiger partial charge >= 0.3 is 0 Å². The fourth-order valence-electron chi connectivity index (χ4n) is 2.14. The lowest BCUT2D eigenvalue weighted by atomic mass is 9.97. The summed E-state index contributed by atoms with van der Waals surface area (Å²) >= 11 is 6.21. The minimum atomic E-state index is -1.07. The summed E-state index contributed by atoms with van der Waals surface area (Å²) in [4.78, 5) is 0. The van der Waals surface area contributed by atoms with Gasteiger partial charge in [-0.25, -0.2) is 0 Å². The predicted molar refractivity (Wildman–Crippen MR) is 85.7 cm³/mol. The second-order valence-electron chi connectivity index (χ2n) is 5.19. The molecule has 0 bridgehead atoms. The van der Waals surface area contributed by atoms with Gasteiger partial charge in [0.05, 0.1) is 5.02 Å². The van der Waals surface area contributed by atoms with Crippen molar-refractivity contribution < 1.29 is 9.84 Å². The fraction of sp³-hybridized carbons (Fsp3) is 0.294. The molecule has 0 aromatic heterocycles. The first-order chi connectivity index (χ1) is 10.0. The Balaban J connectivity index is 2.16. The second-order valence-corrected chi connectivity index (χ2v) is 5.59. The normalized spacial score (nSPS) is 13.7. The Bertz CT molecular complexity index is 585. The Labute approximate surface area is 130 Å². The highest BCUT2D eigenvalue weighted by Crippen LogP contribution is 2.30. The van der Waals surface area contributed by atoms with Crippen molar-refractivity contribution in [3.05, 3.63) is 64.7 Å². The molecule has 0 spiro atoms. The second kappa shape index (κ2) is 6.94. The average Bonchev–Trinajstić information content (AvgIpc) is 2.48. The highest BCUT2D eigenvalue weighted by Gasteiger charge is 2.24. The lowest BCUT2D eigenvalue weighted by molar-refractivity contribution is 0.00732. The number of aliphatic hydroxyl groups is 1. The molecule has 2 aromatic rings. The summed E-state index contributed by atoms with van der Waals surface area (Å²) in [5, 5.41) is 14.2. The number of nitrogens with one attached hydrogen (secondary N) is 1. The summed E-state index contributed by atoms with van der Waals surface area (Å²) in [5.74, 6) is 0.615. The van der Waals surface area contributed by atoms with Gasteiger partial charge in [-0.15, -0.1) is 0 Å². The number of rotatable bonds is 6. The molecule has 0 aliphatic carbocycles. The van der Waals surface area contributed by atoms with Crippen LogP contribution in [0.4, 0.5) is 0 Å². The smallest absolute Gasteiger partial charge is 0.142 e. The first-order valence-corrected chi connectivity index (χ1v) is 7.25. The van der Waals surface area contributed by atoms with Crippen molar-refractivity contribution in [3.63, 3.8) is 0 Å². The summed E-state index contributed by atoms with van der Waals surface area (Å²) in [6, 6.07) is 15.1. The number of para-hydroxylation sites is 1. The maximum Gasteiger partial charge on any atom is 0.142 e. The largest absolute Gasteiger partial charge is 0.488 e. The molecule has 0 aliphatic heterocycles. The number of benzene rings is 2. The van der Waals surface area contributed by atoms with E-state index in [0.717, 1.165) is 11.1 Å². The van der Waals surface area contributed by atoms with Crippen LogP contribution < -0.4 is 10.1 Å². The van der Waals surface area contributed by atoms with E-state index < -0.39 is 5.60 Å². The highest BCUT2D eigenvalue weighted by atomic mass is 35.5. The third kappa shape index (κ3) is 3.97. The molecule has 0 radical (unpaired) electrons. The van der Waals surface area contributed by atoms with Gasteiger partial charge in [0.25, 0.3) is 0 Å². The number of halogens is 1. The molecule has 3 nitrogen and oxygen atoms in total. The van der Waals surface area contributed by atoms with Gasteiger partial charge in [-0.2, -0.15) is 0 Å². The monoisotopic (exact) mass is 305 g/mol. The van der Waals surface area contributed by atoms with Gasteiger partial charge < -0.3 is 15.2 Å². The van der Waals surface area contributed by atoms with Crippen molar-refractivity contribution in [2.24, 2.45) is 0 Å². The van der Waals surface area contributed by atoms with E-state index in [-0.39, 0.29) is 6.61 Å². The van der Waals surface area contributed by atoms with E-state index in [2.05, 4.69) is 5.32 Å². The summed E-state index contributed by atoms with van der Waals surface area (Å²) in [7, 11) is 1.87. The Kier molecular flexibility index (Phi) is 5.23. The maximum absolute atomic E-state index is 10.6. The van der Waals surface area contributed by atoms with Gasteiger partial charge in [-0.3, -0.25) is 0 Å². The van der Waals surface area contributed by atoms with Gasteiger partial charge in [-0.1, -0.05) is 54.1 Å². The highest BCUT2D eigenvalue weighted by molar-refractivity contribution is 6.32. The standard InChI is InChI=1S/C17H20ClNO2/c1-17(20,14-8-4-3-5-9-14)12-21-16-13(11-19-2)7-6-10-15(16)18/h3-10,19-20H,11-12H2,1-2H3. The third-order valence-electron chi connectivity index (χ3n) is 3.31. The van der Waals surface area contributed by atoms with Crippen LogP contribution in [0, 0.1) is 0 Å². The van der Waals surface area contributed by atoms with Crippen molar-refractivity contribution in [1.29, 1.82) is 0 Å². The van der Waals surface area contributed by atoms with Crippen molar-refractivity contribution in [2.45, 2.75) is 19.1 Å². The first-order valence-electron chi connectivity index (χ1n) is 6.87. The van der Waals surface area contributed by atoms with Crippen LogP contribution >= 0.6 is 11.6 Å². The molecule has 2 N–H and O–H groups in total. The minimum Gasteiger partial charge on any atom is -0.488 e. The molecule has 0 heterocycles. The molecular weight excluding hydrogens is 286 g/mol. The SMILES string of the molecule is CNCc1cccc(Cl)c1OCC(C)(O)c1ccccc1. The zero-order valence-corrected chi connectivity index (χ0v) is 13.0. The van der Waals surface area contributed by atoms with Crippen LogP contribution in [0.2, 0.25) is 5.02 Å². The van der Waals surface area contributed by atoms with Crippen LogP contribution in [0.3, 0.4) is 0 Å². The summed E-state index contributed by atoms with van der Waals surface area (Å²) in [5.41, 5.74) is 0.707. The molecule has 0 fully saturated rings. The summed E-state index contributed by atoms with van der Waals surface area (Å²) in [6.45, 7) is 2.53. The molecule has 2 aromatic carbocycles.